The minimum atomic E-state index is -1.17. The van der Waals surface area contributed by atoms with Crippen molar-refractivity contribution in [2.45, 2.75) is 125 Å². The van der Waals surface area contributed by atoms with Gasteiger partial charge in [-0.15, -0.1) is 0 Å². The van der Waals surface area contributed by atoms with Gasteiger partial charge in [0.25, 0.3) is 0 Å². The summed E-state index contributed by atoms with van der Waals surface area (Å²) in [5, 5.41) is 22.7. The van der Waals surface area contributed by atoms with Crippen LogP contribution in [0.25, 0.3) is 0 Å². The molecule has 4 aromatic rings. The van der Waals surface area contributed by atoms with Crippen LogP contribution < -0.4 is 0 Å². The molecule has 0 bridgehead atoms. The first kappa shape index (κ1) is 46.0. The molecule has 4 saturated heterocycles. The van der Waals surface area contributed by atoms with Crippen molar-refractivity contribution in [3.63, 3.8) is 0 Å². The van der Waals surface area contributed by atoms with Gasteiger partial charge in [0.15, 0.2) is 25.2 Å². The minimum absolute atomic E-state index is 0.213. The van der Waals surface area contributed by atoms with Gasteiger partial charge in [0.2, 0.25) is 0 Å². The van der Waals surface area contributed by atoms with Crippen LogP contribution in [0.3, 0.4) is 0 Å². The van der Waals surface area contributed by atoms with Crippen molar-refractivity contribution in [3.8, 4) is 0 Å². The normalized spacial score (nSPS) is 28.8. The lowest BCUT2D eigenvalue weighted by Crippen LogP contribution is -2.58. The van der Waals surface area contributed by atoms with E-state index in [9.17, 15) is 19.8 Å². The molecule has 0 radical (unpaired) electrons. The fourth-order valence-electron chi connectivity index (χ4n) is 8.39. The zero-order valence-corrected chi connectivity index (χ0v) is 35.8. The van der Waals surface area contributed by atoms with Gasteiger partial charge in [-0.05, 0) is 12.8 Å². The summed E-state index contributed by atoms with van der Waals surface area (Å²) < 4.78 is 60.7. The summed E-state index contributed by atoms with van der Waals surface area (Å²) in [5.41, 5.74) is 3.25. The van der Waals surface area contributed by atoms with E-state index in [-0.39, 0.29) is 39.3 Å². The molecule has 342 valence electrons. The highest BCUT2D eigenvalue weighted by molar-refractivity contribution is 5.69. The molecule has 14 nitrogen and oxygen atoms in total. The van der Waals surface area contributed by atoms with E-state index in [0.717, 1.165) is 47.9 Å². The summed E-state index contributed by atoms with van der Waals surface area (Å²) in [5.74, 6) is -0.808. The number of ether oxygens (including phenoxy) is 10. The van der Waals surface area contributed by atoms with Crippen molar-refractivity contribution >= 4 is 11.9 Å². The van der Waals surface area contributed by atoms with E-state index in [0.29, 0.717) is 12.8 Å². The Morgan fingerprint density at radius 2 is 0.781 bits per heavy atom. The quantitative estimate of drug-likeness (QED) is 0.0723. The lowest BCUT2D eigenvalue weighted by atomic mass is 9.99. The Labute approximate surface area is 373 Å². The highest BCUT2D eigenvalue weighted by atomic mass is 16.8. The van der Waals surface area contributed by atoms with Crippen molar-refractivity contribution in [2.75, 3.05) is 26.4 Å². The predicted octanol–water partition coefficient (Wildman–Crippen LogP) is 7.11. The van der Waals surface area contributed by atoms with Crippen LogP contribution in [-0.4, -0.2) is 97.4 Å². The lowest BCUT2D eigenvalue weighted by molar-refractivity contribution is -0.373. The van der Waals surface area contributed by atoms with Gasteiger partial charge in [0.05, 0.1) is 13.2 Å². The molecule has 0 saturated carbocycles. The number of benzene rings is 4. The van der Waals surface area contributed by atoms with Crippen molar-refractivity contribution in [1.82, 2.24) is 0 Å². The van der Waals surface area contributed by atoms with Gasteiger partial charge in [0, 0.05) is 35.1 Å². The van der Waals surface area contributed by atoms with Crippen molar-refractivity contribution in [1.29, 1.82) is 0 Å². The maximum absolute atomic E-state index is 12.7. The number of hydrogen-bond donors (Lipinski definition) is 2. The highest BCUT2D eigenvalue weighted by Gasteiger charge is 2.50. The average molecular weight is 883 g/mol. The summed E-state index contributed by atoms with van der Waals surface area (Å²) in [6.07, 6.45) is -4.13. The van der Waals surface area contributed by atoms with Gasteiger partial charge in [-0.3, -0.25) is 9.59 Å². The summed E-state index contributed by atoms with van der Waals surface area (Å²) in [6, 6.07) is 37.9. The summed E-state index contributed by atoms with van der Waals surface area (Å²) in [7, 11) is 0. The summed E-state index contributed by atoms with van der Waals surface area (Å²) in [4.78, 5) is 25.5. The number of unbranched alkanes of at least 4 members (excludes halogenated alkanes) is 5. The van der Waals surface area contributed by atoms with Crippen molar-refractivity contribution in [3.05, 3.63) is 144 Å². The average Bonchev–Trinajstić information content (AvgIpc) is 3.35. The molecule has 0 amide bonds. The predicted molar refractivity (Wildman–Crippen MR) is 229 cm³/mol. The number of carbonyl (C=O) groups excluding carboxylic acids is 2. The molecule has 8 rings (SSSR count). The Morgan fingerprint density at radius 3 is 1.14 bits per heavy atom. The minimum Gasteiger partial charge on any atom is -0.463 e. The smallest absolute Gasteiger partial charge is 0.305 e. The maximum Gasteiger partial charge on any atom is 0.305 e. The van der Waals surface area contributed by atoms with Crippen LogP contribution in [0.1, 0.15) is 98.8 Å². The molecule has 4 aliphatic rings. The zero-order chi connectivity index (χ0) is 44.1. The van der Waals surface area contributed by atoms with E-state index in [2.05, 4.69) is 0 Å². The second-order valence-corrected chi connectivity index (χ2v) is 16.5. The van der Waals surface area contributed by atoms with Crippen LogP contribution in [0.4, 0.5) is 0 Å². The third-order valence-corrected chi connectivity index (χ3v) is 11.8. The second-order valence-electron chi connectivity index (χ2n) is 16.5. The molecule has 4 aliphatic heterocycles. The molecule has 2 N–H and O–H groups in total. The monoisotopic (exact) mass is 882 g/mol. The lowest BCUT2D eigenvalue weighted by Gasteiger charge is -2.47. The number of aliphatic hydroxyl groups is 2. The Bertz CT molecular complexity index is 1860. The number of rotatable bonds is 19. The third-order valence-electron chi connectivity index (χ3n) is 11.8. The molecular formula is C50H58O14. The Balaban J connectivity index is 0.723. The number of esters is 2. The van der Waals surface area contributed by atoms with E-state index in [4.69, 9.17) is 47.4 Å². The van der Waals surface area contributed by atoms with E-state index in [1.807, 2.05) is 121 Å². The van der Waals surface area contributed by atoms with Crippen LogP contribution in [0.15, 0.2) is 121 Å². The van der Waals surface area contributed by atoms with Gasteiger partial charge in [0.1, 0.15) is 62.0 Å². The van der Waals surface area contributed by atoms with E-state index >= 15 is 0 Å². The Hall–Kier alpha value is -4.58. The second kappa shape index (κ2) is 23.0. The topological polar surface area (TPSA) is 167 Å². The van der Waals surface area contributed by atoms with Crippen LogP contribution >= 0.6 is 0 Å². The Kier molecular flexibility index (Phi) is 16.6. The van der Waals surface area contributed by atoms with E-state index < -0.39 is 85.9 Å². The van der Waals surface area contributed by atoms with Gasteiger partial charge in [-0.2, -0.15) is 0 Å². The molecule has 4 aromatic carbocycles. The maximum atomic E-state index is 12.7. The number of hydrogen-bond acceptors (Lipinski definition) is 14. The number of fused-ring (bicyclic) bond motifs is 2. The first-order valence-electron chi connectivity index (χ1n) is 22.4. The SMILES string of the molecule is O=C(CCCCCCCCC(=O)OCC(O)C1OC(c2ccccc2)OC2COC(c3ccccc3)OC21)OCC(O)C1OC(c2ccccc2)OC2COC(c3ccccc3)OC21. The molecule has 4 fully saturated rings. The van der Waals surface area contributed by atoms with Gasteiger partial charge < -0.3 is 57.6 Å². The van der Waals surface area contributed by atoms with Crippen LogP contribution in [0, 0.1) is 0 Å². The molecule has 0 spiro atoms. The number of carbonyl (C=O) groups is 2. The Morgan fingerprint density at radius 1 is 0.453 bits per heavy atom. The standard InChI is InChI=1S/C50H58O14/c51-37(43-45-39(59-49(61-43)35-23-13-7-14-24-35)31-57-47(63-45)33-19-9-5-10-20-33)29-55-41(53)27-17-3-1-2-4-18-28-42(54)56-30-38(52)44-46-40(60-50(62-44)36-25-15-8-16-26-36)32-58-48(64-46)34-21-11-6-12-22-34/h5-16,19-26,37-40,43-52H,1-4,17-18,27-32H2. The molecule has 14 heteroatoms. The van der Waals surface area contributed by atoms with Crippen LogP contribution in [0.5, 0.6) is 0 Å². The third kappa shape index (κ3) is 12.2. The highest BCUT2D eigenvalue weighted by Crippen LogP contribution is 2.40. The first-order chi connectivity index (χ1) is 31.4. The van der Waals surface area contributed by atoms with Crippen molar-refractivity contribution in [2.24, 2.45) is 0 Å². The molecule has 64 heavy (non-hydrogen) atoms. The zero-order valence-electron chi connectivity index (χ0n) is 35.8. The van der Waals surface area contributed by atoms with Crippen LogP contribution in [-0.2, 0) is 57.0 Å². The summed E-state index contributed by atoms with van der Waals surface area (Å²) in [6.45, 7) is -0.0324. The molecule has 12 unspecified atom stereocenters. The molecule has 4 heterocycles. The van der Waals surface area contributed by atoms with Gasteiger partial charge >= 0.3 is 11.9 Å². The molecule has 0 aliphatic carbocycles. The van der Waals surface area contributed by atoms with Crippen LogP contribution in [0.2, 0.25) is 0 Å². The first-order valence-corrected chi connectivity index (χ1v) is 22.4. The van der Waals surface area contributed by atoms with Gasteiger partial charge in [-0.25, -0.2) is 0 Å². The molecular weight excluding hydrogens is 825 g/mol. The van der Waals surface area contributed by atoms with E-state index in [1.54, 1.807) is 0 Å². The summed E-state index contributed by atoms with van der Waals surface area (Å²) >= 11 is 0. The largest absolute Gasteiger partial charge is 0.463 e. The fourth-order valence-corrected chi connectivity index (χ4v) is 8.39. The molecule has 12 atom stereocenters. The number of aliphatic hydroxyl groups excluding tert-OH is 2. The van der Waals surface area contributed by atoms with E-state index in [1.165, 1.54) is 0 Å². The molecule has 0 aromatic heterocycles. The van der Waals surface area contributed by atoms with Crippen molar-refractivity contribution < 1.29 is 67.2 Å². The fraction of sp³-hybridized carbons (Fsp3) is 0.480. The van der Waals surface area contributed by atoms with Gasteiger partial charge in [-0.1, -0.05) is 147 Å².